The number of hydrogen-bond acceptors (Lipinski definition) is 4. The van der Waals surface area contributed by atoms with E-state index in [2.05, 4.69) is 15.1 Å². The van der Waals surface area contributed by atoms with Crippen LogP contribution in [0, 0.1) is 5.82 Å². The van der Waals surface area contributed by atoms with Crippen LogP contribution in [0.5, 0.6) is 0 Å². The summed E-state index contributed by atoms with van der Waals surface area (Å²) in [5.41, 5.74) is 5.58. The van der Waals surface area contributed by atoms with Crippen LogP contribution in [0.2, 0.25) is 0 Å². The maximum absolute atomic E-state index is 13.2. The van der Waals surface area contributed by atoms with Crippen molar-refractivity contribution in [3.63, 3.8) is 0 Å². The van der Waals surface area contributed by atoms with Gasteiger partial charge in [-0.15, -0.1) is 0 Å². The van der Waals surface area contributed by atoms with E-state index in [-0.39, 0.29) is 11.7 Å². The molecule has 1 aliphatic heterocycles. The van der Waals surface area contributed by atoms with Crippen molar-refractivity contribution in [1.82, 2.24) is 14.9 Å². The van der Waals surface area contributed by atoms with E-state index >= 15 is 0 Å². The summed E-state index contributed by atoms with van der Waals surface area (Å²) in [6, 6.07) is 14.5. The van der Waals surface area contributed by atoms with Gasteiger partial charge in [-0.1, -0.05) is 30.3 Å². The molecule has 29 heavy (non-hydrogen) atoms. The molecule has 1 N–H and O–H groups in total. The van der Waals surface area contributed by atoms with Gasteiger partial charge in [0.25, 0.3) is 5.91 Å². The Balaban J connectivity index is 1.46. The number of nitrogens with zero attached hydrogens (tertiary/aromatic N) is 3. The number of carbonyl (C=O) groups is 1. The van der Waals surface area contributed by atoms with Gasteiger partial charge in [0.05, 0.1) is 26.0 Å². The minimum Gasteiger partial charge on any atom is -0.379 e. The van der Waals surface area contributed by atoms with Gasteiger partial charge in [-0.05, 0) is 23.8 Å². The fourth-order valence-electron chi connectivity index (χ4n) is 3.47. The van der Waals surface area contributed by atoms with E-state index in [4.69, 9.17) is 4.74 Å². The predicted octanol–water partition coefficient (Wildman–Crippen LogP) is 2.61. The van der Waals surface area contributed by atoms with Crippen molar-refractivity contribution in [1.29, 1.82) is 0 Å². The maximum Gasteiger partial charge on any atom is 0.254 e. The molecule has 2 aromatic carbocycles. The first-order valence-electron chi connectivity index (χ1n) is 9.63. The average Bonchev–Trinajstić information content (AvgIpc) is 3.08. The molecule has 0 unspecified atom stereocenters. The number of fused-ring (bicyclic) bond motifs is 1. The van der Waals surface area contributed by atoms with Crippen molar-refractivity contribution in [3.05, 3.63) is 71.7 Å². The minimum absolute atomic E-state index is 0.141. The SMILES string of the molecule is O=C(CN1CCOCC1)N/N=C/c1cn(Cc2ccc(F)cc2)c2ccccc12. The highest BCUT2D eigenvalue weighted by Crippen LogP contribution is 2.21. The van der Waals surface area contributed by atoms with E-state index in [1.54, 1.807) is 18.3 Å². The van der Waals surface area contributed by atoms with Crippen LogP contribution in [0.4, 0.5) is 4.39 Å². The van der Waals surface area contributed by atoms with Crippen LogP contribution in [0.1, 0.15) is 11.1 Å². The second-order valence-electron chi connectivity index (χ2n) is 7.04. The third-order valence-corrected chi connectivity index (χ3v) is 4.95. The Hall–Kier alpha value is -3.03. The maximum atomic E-state index is 13.2. The molecule has 0 saturated carbocycles. The number of benzene rings is 2. The van der Waals surface area contributed by atoms with Crippen LogP contribution in [0.15, 0.2) is 59.8 Å². The van der Waals surface area contributed by atoms with Gasteiger partial charge in [0.1, 0.15) is 5.82 Å². The third-order valence-electron chi connectivity index (χ3n) is 4.95. The van der Waals surface area contributed by atoms with Gasteiger partial charge in [-0.25, -0.2) is 9.82 Å². The number of halogens is 1. The molecule has 2 heterocycles. The summed E-state index contributed by atoms with van der Waals surface area (Å²) in [5.74, 6) is -0.384. The molecule has 4 rings (SSSR count). The number of carbonyl (C=O) groups excluding carboxylic acids is 1. The number of rotatable bonds is 6. The van der Waals surface area contributed by atoms with Crippen LogP contribution < -0.4 is 5.43 Å². The van der Waals surface area contributed by atoms with E-state index < -0.39 is 0 Å². The van der Waals surface area contributed by atoms with Crippen molar-refractivity contribution in [2.75, 3.05) is 32.8 Å². The molecule has 1 fully saturated rings. The van der Waals surface area contributed by atoms with Crippen molar-refractivity contribution >= 4 is 23.0 Å². The van der Waals surface area contributed by atoms with Gasteiger partial charge >= 0.3 is 0 Å². The van der Waals surface area contributed by atoms with Crippen molar-refractivity contribution < 1.29 is 13.9 Å². The highest BCUT2D eigenvalue weighted by Gasteiger charge is 2.13. The first-order valence-corrected chi connectivity index (χ1v) is 9.63. The Morgan fingerprint density at radius 2 is 1.90 bits per heavy atom. The molecule has 1 saturated heterocycles. The molecule has 7 heteroatoms. The van der Waals surface area contributed by atoms with Gasteiger partial charge in [0.15, 0.2) is 0 Å². The summed E-state index contributed by atoms with van der Waals surface area (Å²) in [7, 11) is 0. The zero-order valence-electron chi connectivity index (χ0n) is 16.1. The highest BCUT2D eigenvalue weighted by atomic mass is 19.1. The molecule has 6 nitrogen and oxygen atoms in total. The largest absolute Gasteiger partial charge is 0.379 e. The van der Waals surface area contributed by atoms with Gasteiger partial charge in [-0.2, -0.15) is 5.10 Å². The number of aromatic nitrogens is 1. The first-order chi connectivity index (χ1) is 14.2. The third kappa shape index (κ3) is 4.88. The molecule has 0 bridgehead atoms. The lowest BCUT2D eigenvalue weighted by molar-refractivity contribution is -0.123. The van der Waals surface area contributed by atoms with Crippen LogP contribution in [-0.2, 0) is 16.1 Å². The topological polar surface area (TPSA) is 58.9 Å². The Labute approximate surface area is 168 Å². The lowest BCUT2D eigenvalue weighted by Gasteiger charge is -2.25. The predicted molar refractivity (Wildman–Crippen MR) is 110 cm³/mol. The number of ether oxygens (including phenoxy) is 1. The lowest BCUT2D eigenvalue weighted by atomic mass is 10.2. The number of morpholine rings is 1. The summed E-state index contributed by atoms with van der Waals surface area (Å²) in [4.78, 5) is 14.1. The molecule has 0 radical (unpaired) electrons. The molecule has 3 aromatic rings. The van der Waals surface area contributed by atoms with E-state index in [9.17, 15) is 9.18 Å². The quantitative estimate of drug-likeness (QED) is 0.517. The minimum atomic E-state index is -0.244. The molecule has 0 spiro atoms. The summed E-state index contributed by atoms with van der Waals surface area (Å²) < 4.78 is 20.6. The second-order valence-corrected chi connectivity index (χ2v) is 7.04. The van der Waals surface area contributed by atoms with Crippen LogP contribution >= 0.6 is 0 Å². The first kappa shape index (κ1) is 19.3. The molecule has 0 aliphatic carbocycles. The Kier molecular flexibility index (Phi) is 5.97. The second kappa shape index (κ2) is 8.98. The zero-order valence-corrected chi connectivity index (χ0v) is 16.1. The monoisotopic (exact) mass is 394 g/mol. The van der Waals surface area contributed by atoms with Gasteiger partial charge < -0.3 is 9.30 Å². The van der Waals surface area contributed by atoms with Crippen molar-refractivity contribution in [2.24, 2.45) is 5.10 Å². The smallest absolute Gasteiger partial charge is 0.254 e. The fourth-order valence-corrected chi connectivity index (χ4v) is 3.47. The molecule has 1 aromatic heterocycles. The number of amides is 1. The molecule has 150 valence electrons. The summed E-state index contributed by atoms with van der Waals surface area (Å²) in [6.45, 7) is 3.77. The Bertz CT molecular complexity index is 1010. The van der Waals surface area contributed by atoms with Gasteiger partial charge in [0, 0.05) is 42.3 Å². The normalized spacial score (nSPS) is 15.2. The lowest BCUT2D eigenvalue weighted by Crippen LogP contribution is -2.42. The van der Waals surface area contributed by atoms with E-state index in [1.165, 1.54) is 12.1 Å². The van der Waals surface area contributed by atoms with Gasteiger partial charge in [-0.3, -0.25) is 9.69 Å². The number of nitrogens with one attached hydrogen (secondary N) is 1. The average molecular weight is 394 g/mol. The molecule has 1 amide bonds. The highest BCUT2D eigenvalue weighted by molar-refractivity contribution is 5.99. The number of hydrogen-bond donors (Lipinski definition) is 1. The summed E-state index contributed by atoms with van der Waals surface area (Å²) in [6.07, 6.45) is 3.66. The van der Waals surface area contributed by atoms with Crippen molar-refractivity contribution in [3.8, 4) is 0 Å². The fraction of sp³-hybridized carbons (Fsp3) is 0.273. The number of hydrazone groups is 1. The van der Waals surface area contributed by atoms with E-state index in [1.807, 2.05) is 35.4 Å². The van der Waals surface area contributed by atoms with Crippen LogP contribution in [-0.4, -0.2) is 54.4 Å². The Morgan fingerprint density at radius 3 is 2.69 bits per heavy atom. The Morgan fingerprint density at radius 1 is 1.14 bits per heavy atom. The zero-order chi connectivity index (χ0) is 20.1. The van der Waals surface area contributed by atoms with E-state index in [0.717, 1.165) is 35.1 Å². The van der Waals surface area contributed by atoms with Crippen LogP contribution in [0.25, 0.3) is 10.9 Å². The molecular weight excluding hydrogens is 371 g/mol. The van der Waals surface area contributed by atoms with Crippen LogP contribution in [0.3, 0.4) is 0 Å². The van der Waals surface area contributed by atoms with E-state index in [0.29, 0.717) is 26.3 Å². The standard InChI is InChI=1S/C22H23FN4O2/c23-19-7-5-17(6-8-19)14-27-15-18(20-3-1-2-4-21(20)27)13-24-25-22(28)16-26-9-11-29-12-10-26/h1-8,13,15H,9-12,14,16H2,(H,25,28)/b24-13+. The van der Waals surface area contributed by atoms with Gasteiger partial charge in [0.2, 0.25) is 0 Å². The molecule has 1 aliphatic rings. The summed E-state index contributed by atoms with van der Waals surface area (Å²) >= 11 is 0. The molecule has 0 atom stereocenters. The van der Waals surface area contributed by atoms with Crippen molar-refractivity contribution in [2.45, 2.75) is 6.54 Å². The number of para-hydroxylation sites is 1. The summed E-state index contributed by atoms with van der Waals surface area (Å²) in [5, 5.41) is 5.19. The molecular formula is C22H23FN4O2.